The van der Waals surface area contributed by atoms with Crippen LogP contribution in [0.4, 0.5) is 4.79 Å². The summed E-state index contributed by atoms with van der Waals surface area (Å²) in [6.45, 7) is 10.3. The Morgan fingerprint density at radius 2 is 2.23 bits per heavy atom. The second-order valence-corrected chi connectivity index (χ2v) is 7.34. The van der Waals surface area contributed by atoms with Crippen molar-refractivity contribution in [3.05, 3.63) is 23.7 Å². The van der Waals surface area contributed by atoms with Crippen LogP contribution in [0.3, 0.4) is 0 Å². The molecule has 1 atom stereocenters. The Morgan fingerprint density at radius 3 is 2.86 bits per heavy atom. The van der Waals surface area contributed by atoms with Gasteiger partial charge in [0.2, 0.25) is 0 Å². The molecule has 3 rings (SSSR count). The molecule has 0 bridgehead atoms. The van der Waals surface area contributed by atoms with Gasteiger partial charge in [-0.2, -0.15) is 0 Å². The van der Waals surface area contributed by atoms with Crippen LogP contribution in [0.25, 0.3) is 0 Å². The fraction of sp³-hybridized carbons (Fsp3) is 0.706. The highest BCUT2D eigenvalue weighted by Crippen LogP contribution is 2.42. The van der Waals surface area contributed by atoms with Crippen molar-refractivity contribution in [2.24, 2.45) is 5.92 Å². The molecule has 1 aromatic heterocycles. The number of rotatable bonds is 2. The molecule has 2 aliphatic heterocycles. The lowest BCUT2D eigenvalue weighted by molar-refractivity contribution is -0.0241. The number of carbonyl (C=O) groups is 1. The van der Waals surface area contributed by atoms with Crippen LogP contribution in [-0.2, 0) is 16.7 Å². The van der Waals surface area contributed by atoms with Crippen molar-refractivity contribution >= 4 is 6.09 Å². The van der Waals surface area contributed by atoms with E-state index in [0.717, 1.165) is 38.2 Å². The van der Waals surface area contributed by atoms with Crippen LogP contribution in [0.1, 0.15) is 45.4 Å². The predicted molar refractivity (Wildman–Crippen MR) is 83.7 cm³/mol. The number of carbonyl (C=O) groups excluding carboxylic acids is 1. The van der Waals surface area contributed by atoms with E-state index < -0.39 is 5.60 Å². The maximum Gasteiger partial charge on any atom is 0.410 e. The Kier molecular flexibility index (Phi) is 3.71. The molecule has 0 spiro atoms. The van der Waals surface area contributed by atoms with Crippen LogP contribution in [0, 0.1) is 5.92 Å². The largest absolute Gasteiger partial charge is 0.469 e. The summed E-state index contributed by atoms with van der Waals surface area (Å²) in [5, 5.41) is 3.70. The standard InChI is InChI=1S/C17H26N2O3/c1-5-17(13-7-9-21-14(13)6-8-18-17)12-10-19(11-12)15(20)22-16(2,3)4/h7,9,12,18H,5-6,8,10-11H2,1-4H3. The van der Waals surface area contributed by atoms with Gasteiger partial charge in [-0.1, -0.05) is 6.92 Å². The number of furan rings is 1. The van der Waals surface area contributed by atoms with Crippen LogP contribution < -0.4 is 5.32 Å². The van der Waals surface area contributed by atoms with Gasteiger partial charge in [0.15, 0.2) is 0 Å². The highest BCUT2D eigenvalue weighted by Gasteiger charge is 2.49. The van der Waals surface area contributed by atoms with E-state index in [1.54, 1.807) is 11.2 Å². The number of amides is 1. The lowest BCUT2D eigenvalue weighted by Gasteiger charge is -2.52. The number of ether oxygens (including phenoxy) is 1. The van der Waals surface area contributed by atoms with Crippen molar-refractivity contribution in [2.75, 3.05) is 19.6 Å². The van der Waals surface area contributed by atoms with Gasteiger partial charge in [0.25, 0.3) is 0 Å². The first kappa shape index (κ1) is 15.4. The van der Waals surface area contributed by atoms with E-state index in [-0.39, 0.29) is 11.6 Å². The molecule has 1 unspecified atom stereocenters. The van der Waals surface area contributed by atoms with E-state index >= 15 is 0 Å². The Balaban J connectivity index is 1.71. The summed E-state index contributed by atoms with van der Waals surface area (Å²) in [5.41, 5.74) is 0.764. The molecule has 3 heterocycles. The number of hydrogen-bond acceptors (Lipinski definition) is 4. The molecule has 0 aromatic carbocycles. The molecule has 5 nitrogen and oxygen atoms in total. The van der Waals surface area contributed by atoms with E-state index in [1.165, 1.54) is 5.56 Å². The lowest BCUT2D eigenvalue weighted by atomic mass is 9.70. The second kappa shape index (κ2) is 5.30. The van der Waals surface area contributed by atoms with Crippen LogP contribution in [-0.4, -0.2) is 36.2 Å². The minimum atomic E-state index is -0.439. The minimum absolute atomic E-state index is 0.0703. The highest BCUT2D eigenvalue weighted by molar-refractivity contribution is 5.69. The topological polar surface area (TPSA) is 54.7 Å². The number of likely N-dealkylation sites (tertiary alicyclic amines) is 1. The van der Waals surface area contributed by atoms with E-state index in [1.807, 2.05) is 20.8 Å². The summed E-state index contributed by atoms with van der Waals surface area (Å²) in [6, 6.07) is 2.08. The monoisotopic (exact) mass is 306 g/mol. The quantitative estimate of drug-likeness (QED) is 0.913. The van der Waals surface area contributed by atoms with Gasteiger partial charge in [-0.05, 0) is 33.3 Å². The number of nitrogens with one attached hydrogen (secondary N) is 1. The van der Waals surface area contributed by atoms with Crippen molar-refractivity contribution < 1.29 is 13.9 Å². The van der Waals surface area contributed by atoms with Gasteiger partial charge in [-0.15, -0.1) is 0 Å². The summed E-state index contributed by atoms with van der Waals surface area (Å²) >= 11 is 0. The van der Waals surface area contributed by atoms with Gasteiger partial charge in [0, 0.05) is 37.5 Å². The van der Waals surface area contributed by atoms with Gasteiger partial charge < -0.3 is 19.4 Å². The van der Waals surface area contributed by atoms with Gasteiger partial charge in [-0.25, -0.2) is 4.79 Å². The Bertz CT molecular complexity index is 554. The summed E-state index contributed by atoms with van der Waals surface area (Å²) in [6.07, 6.45) is 3.50. The predicted octanol–water partition coefficient (Wildman–Crippen LogP) is 2.90. The number of hydrogen-bond donors (Lipinski definition) is 1. The van der Waals surface area contributed by atoms with E-state index in [4.69, 9.17) is 9.15 Å². The SMILES string of the molecule is CCC1(C2CN(C(=O)OC(C)(C)C)C2)NCCc2occc21. The van der Waals surface area contributed by atoms with Crippen molar-refractivity contribution in [1.82, 2.24) is 10.2 Å². The molecule has 1 saturated heterocycles. The second-order valence-electron chi connectivity index (χ2n) is 7.34. The Labute approximate surface area is 132 Å². The smallest absolute Gasteiger partial charge is 0.410 e. The van der Waals surface area contributed by atoms with Crippen LogP contribution >= 0.6 is 0 Å². The third kappa shape index (κ3) is 2.51. The van der Waals surface area contributed by atoms with Crippen LogP contribution in [0.15, 0.2) is 16.7 Å². The van der Waals surface area contributed by atoms with Crippen molar-refractivity contribution in [3.63, 3.8) is 0 Å². The molecule has 0 aliphatic carbocycles. The highest BCUT2D eigenvalue weighted by atomic mass is 16.6. The summed E-state index contributed by atoms with van der Waals surface area (Å²) in [7, 11) is 0. The summed E-state index contributed by atoms with van der Waals surface area (Å²) in [4.78, 5) is 13.9. The molecule has 22 heavy (non-hydrogen) atoms. The van der Waals surface area contributed by atoms with Crippen LogP contribution in [0.5, 0.6) is 0 Å². The number of fused-ring (bicyclic) bond motifs is 1. The molecule has 1 fully saturated rings. The first-order valence-electron chi connectivity index (χ1n) is 8.15. The first-order chi connectivity index (χ1) is 10.4. The average Bonchev–Trinajstić information content (AvgIpc) is 2.84. The molecule has 122 valence electrons. The lowest BCUT2D eigenvalue weighted by Crippen LogP contribution is -2.64. The number of nitrogens with zero attached hydrogens (tertiary/aromatic N) is 1. The maximum absolute atomic E-state index is 12.1. The van der Waals surface area contributed by atoms with Crippen molar-refractivity contribution in [3.8, 4) is 0 Å². The van der Waals surface area contributed by atoms with Gasteiger partial charge in [0.05, 0.1) is 11.8 Å². The molecule has 0 saturated carbocycles. The third-order valence-corrected chi connectivity index (χ3v) is 4.81. The van der Waals surface area contributed by atoms with E-state index in [2.05, 4.69) is 18.3 Å². The zero-order chi connectivity index (χ0) is 16.0. The summed E-state index contributed by atoms with van der Waals surface area (Å²) < 4.78 is 11.1. The molecule has 1 aromatic rings. The Morgan fingerprint density at radius 1 is 1.50 bits per heavy atom. The molecular formula is C17H26N2O3. The van der Waals surface area contributed by atoms with E-state index in [9.17, 15) is 4.79 Å². The molecule has 1 N–H and O–H groups in total. The minimum Gasteiger partial charge on any atom is -0.469 e. The zero-order valence-corrected chi connectivity index (χ0v) is 13.9. The van der Waals surface area contributed by atoms with E-state index in [0.29, 0.717) is 5.92 Å². The Hall–Kier alpha value is -1.49. The molecule has 0 radical (unpaired) electrons. The van der Waals surface area contributed by atoms with Crippen molar-refractivity contribution in [1.29, 1.82) is 0 Å². The molecule has 5 heteroatoms. The van der Waals surface area contributed by atoms with Gasteiger partial charge in [-0.3, -0.25) is 0 Å². The molecule has 1 amide bonds. The van der Waals surface area contributed by atoms with Crippen LogP contribution in [0.2, 0.25) is 0 Å². The molecule has 2 aliphatic rings. The maximum atomic E-state index is 12.1. The normalized spacial score (nSPS) is 25.5. The average molecular weight is 306 g/mol. The zero-order valence-electron chi connectivity index (χ0n) is 13.9. The van der Waals surface area contributed by atoms with Crippen molar-refractivity contribution in [2.45, 2.75) is 51.7 Å². The third-order valence-electron chi connectivity index (χ3n) is 4.81. The fourth-order valence-electron chi connectivity index (χ4n) is 3.66. The fourth-order valence-corrected chi connectivity index (χ4v) is 3.66. The van der Waals surface area contributed by atoms with Gasteiger partial charge in [0.1, 0.15) is 11.4 Å². The summed E-state index contributed by atoms with van der Waals surface area (Å²) in [5.74, 6) is 1.50. The van der Waals surface area contributed by atoms with Gasteiger partial charge >= 0.3 is 6.09 Å². The molecular weight excluding hydrogens is 280 g/mol. The first-order valence-corrected chi connectivity index (χ1v) is 8.15.